The van der Waals surface area contributed by atoms with Crippen LogP contribution in [-0.4, -0.2) is 20.2 Å². The average molecular weight is 310 g/mol. The van der Waals surface area contributed by atoms with Gasteiger partial charge in [0.15, 0.2) is 0 Å². The number of nitrogens with zero attached hydrogens (tertiary/aromatic N) is 2. The Balaban J connectivity index is 2.45. The van der Waals surface area contributed by atoms with E-state index in [1.54, 1.807) is 0 Å². The van der Waals surface area contributed by atoms with Crippen molar-refractivity contribution in [2.24, 2.45) is 0 Å². The van der Waals surface area contributed by atoms with E-state index in [0.717, 1.165) is 36.5 Å². The lowest BCUT2D eigenvalue weighted by Gasteiger charge is -2.05. The number of aryl methyl sites for hydroxylation is 2. The van der Waals surface area contributed by atoms with Crippen LogP contribution in [0, 0.1) is 0 Å². The summed E-state index contributed by atoms with van der Waals surface area (Å²) in [6.07, 6.45) is 7.34. The Morgan fingerprint density at radius 3 is 2.69 bits per heavy atom. The van der Waals surface area contributed by atoms with E-state index in [4.69, 9.17) is 0 Å². The molecule has 0 unspecified atom stereocenters. The zero-order chi connectivity index (χ0) is 9.52. The molecule has 0 spiro atoms. The highest BCUT2D eigenvalue weighted by molar-refractivity contribution is 9.09. The topological polar surface area (TPSA) is 17.8 Å². The summed E-state index contributed by atoms with van der Waals surface area (Å²) in [4.78, 5) is 4.33. The number of halogens is 2. The van der Waals surface area contributed by atoms with E-state index in [-0.39, 0.29) is 0 Å². The molecule has 4 heteroatoms. The fourth-order valence-electron chi connectivity index (χ4n) is 1.23. The summed E-state index contributed by atoms with van der Waals surface area (Å²) in [5, 5.41) is 2.11. The van der Waals surface area contributed by atoms with Crippen molar-refractivity contribution in [2.45, 2.75) is 25.8 Å². The van der Waals surface area contributed by atoms with Crippen LogP contribution in [0.4, 0.5) is 0 Å². The van der Waals surface area contributed by atoms with E-state index in [9.17, 15) is 0 Å². The molecule has 74 valence electrons. The summed E-state index contributed by atoms with van der Waals surface area (Å²) >= 11 is 6.86. The van der Waals surface area contributed by atoms with Gasteiger partial charge in [0.05, 0.1) is 0 Å². The van der Waals surface area contributed by atoms with Gasteiger partial charge in [-0.05, 0) is 12.8 Å². The third-order valence-electron chi connectivity index (χ3n) is 1.87. The van der Waals surface area contributed by atoms with Gasteiger partial charge < -0.3 is 4.57 Å². The Morgan fingerprint density at radius 2 is 2.00 bits per heavy atom. The molecule has 1 rings (SSSR count). The predicted octanol–water partition coefficient (Wildman–Crippen LogP) is 3.00. The molecule has 0 saturated carbocycles. The Hall–Kier alpha value is 0.170. The van der Waals surface area contributed by atoms with E-state index in [2.05, 4.69) is 47.6 Å². The van der Waals surface area contributed by atoms with Crippen LogP contribution in [0.25, 0.3) is 0 Å². The summed E-state index contributed by atoms with van der Waals surface area (Å²) in [5.41, 5.74) is 0. The van der Waals surface area contributed by atoms with Crippen molar-refractivity contribution < 1.29 is 0 Å². The van der Waals surface area contributed by atoms with E-state index in [1.807, 2.05) is 6.20 Å². The van der Waals surface area contributed by atoms with Gasteiger partial charge in [0.2, 0.25) is 0 Å². The highest BCUT2D eigenvalue weighted by Crippen LogP contribution is 2.04. The lowest BCUT2D eigenvalue weighted by molar-refractivity contribution is 0.636. The van der Waals surface area contributed by atoms with Gasteiger partial charge in [-0.2, -0.15) is 0 Å². The van der Waals surface area contributed by atoms with Crippen LogP contribution < -0.4 is 0 Å². The fourth-order valence-corrected chi connectivity index (χ4v) is 1.76. The van der Waals surface area contributed by atoms with Crippen molar-refractivity contribution in [3.05, 3.63) is 18.2 Å². The SMILES string of the molecule is BrCCCc1nccn1CCCBr. The molecule has 0 fully saturated rings. The maximum absolute atomic E-state index is 4.33. The van der Waals surface area contributed by atoms with Gasteiger partial charge in [0, 0.05) is 36.0 Å². The summed E-state index contributed by atoms with van der Waals surface area (Å²) in [6, 6.07) is 0. The standard InChI is InChI=1S/C9H14Br2N2/c10-4-1-3-9-12-6-8-13(9)7-2-5-11/h6,8H,1-5,7H2. The van der Waals surface area contributed by atoms with E-state index in [0.29, 0.717) is 0 Å². The molecule has 1 aromatic rings. The Bertz CT molecular complexity index is 213. The summed E-state index contributed by atoms with van der Waals surface area (Å²) in [6.45, 7) is 1.07. The van der Waals surface area contributed by atoms with Crippen molar-refractivity contribution in [3.63, 3.8) is 0 Å². The molecule has 2 nitrogen and oxygen atoms in total. The van der Waals surface area contributed by atoms with Crippen molar-refractivity contribution in [1.82, 2.24) is 9.55 Å². The van der Waals surface area contributed by atoms with Gasteiger partial charge in [0.25, 0.3) is 0 Å². The molecular formula is C9H14Br2N2. The number of rotatable bonds is 6. The Kier molecular flexibility index (Phi) is 5.71. The van der Waals surface area contributed by atoms with Crippen LogP contribution in [0.5, 0.6) is 0 Å². The van der Waals surface area contributed by atoms with Crippen molar-refractivity contribution in [3.8, 4) is 0 Å². The fraction of sp³-hybridized carbons (Fsp3) is 0.667. The molecular weight excluding hydrogens is 296 g/mol. The normalized spacial score (nSPS) is 10.6. The monoisotopic (exact) mass is 308 g/mol. The number of hydrogen-bond donors (Lipinski definition) is 0. The maximum atomic E-state index is 4.33. The molecule has 0 aromatic carbocycles. The molecule has 0 aliphatic heterocycles. The van der Waals surface area contributed by atoms with E-state index in [1.165, 1.54) is 5.82 Å². The second-order valence-corrected chi connectivity index (χ2v) is 4.46. The predicted molar refractivity (Wildman–Crippen MR) is 62.8 cm³/mol. The van der Waals surface area contributed by atoms with Crippen LogP contribution >= 0.6 is 31.9 Å². The van der Waals surface area contributed by atoms with Crippen molar-refractivity contribution in [1.29, 1.82) is 0 Å². The second kappa shape index (κ2) is 6.60. The van der Waals surface area contributed by atoms with Gasteiger partial charge in [-0.15, -0.1) is 0 Å². The summed E-state index contributed by atoms with van der Waals surface area (Å²) < 4.78 is 2.24. The molecule has 0 bridgehead atoms. The molecule has 0 N–H and O–H groups in total. The first kappa shape index (κ1) is 11.2. The minimum Gasteiger partial charge on any atom is -0.335 e. The zero-order valence-electron chi connectivity index (χ0n) is 7.55. The van der Waals surface area contributed by atoms with Crippen LogP contribution in [0.15, 0.2) is 12.4 Å². The van der Waals surface area contributed by atoms with E-state index >= 15 is 0 Å². The third-order valence-corrected chi connectivity index (χ3v) is 2.99. The largest absolute Gasteiger partial charge is 0.335 e. The van der Waals surface area contributed by atoms with Crippen LogP contribution in [-0.2, 0) is 13.0 Å². The molecule has 0 amide bonds. The zero-order valence-corrected chi connectivity index (χ0v) is 10.7. The lowest BCUT2D eigenvalue weighted by Crippen LogP contribution is -2.03. The van der Waals surface area contributed by atoms with Gasteiger partial charge in [-0.3, -0.25) is 0 Å². The Labute approximate surface area is 96.0 Å². The molecule has 0 saturated heterocycles. The number of aromatic nitrogens is 2. The van der Waals surface area contributed by atoms with E-state index < -0.39 is 0 Å². The van der Waals surface area contributed by atoms with Gasteiger partial charge in [-0.25, -0.2) is 4.98 Å². The molecule has 13 heavy (non-hydrogen) atoms. The minimum atomic E-state index is 1.05. The van der Waals surface area contributed by atoms with Gasteiger partial charge in [-0.1, -0.05) is 31.9 Å². The second-order valence-electron chi connectivity index (χ2n) is 2.87. The summed E-state index contributed by atoms with van der Waals surface area (Å²) in [5.74, 6) is 1.21. The average Bonchev–Trinajstić information content (AvgIpc) is 2.59. The number of imidazole rings is 1. The van der Waals surface area contributed by atoms with Gasteiger partial charge in [0.1, 0.15) is 5.82 Å². The number of hydrogen-bond acceptors (Lipinski definition) is 1. The minimum absolute atomic E-state index is 1.05. The number of alkyl halides is 2. The third kappa shape index (κ3) is 3.81. The first-order valence-corrected chi connectivity index (χ1v) is 6.74. The first-order chi connectivity index (χ1) is 6.38. The highest BCUT2D eigenvalue weighted by atomic mass is 79.9. The van der Waals surface area contributed by atoms with Crippen LogP contribution in [0.2, 0.25) is 0 Å². The Morgan fingerprint density at radius 1 is 1.23 bits per heavy atom. The molecule has 1 aromatic heterocycles. The van der Waals surface area contributed by atoms with Crippen LogP contribution in [0.1, 0.15) is 18.7 Å². The molecule has 0 atom stereocenters. The lowest BCUT2D eigenvalue weighted by atomic mass is 10.3. The molecule has 0 radical (unpaired) electrons. The van der Waals surface area contributed by atoms with Crippen molar-refractivity contribution in [2.75, 3.05) is 10.7 Å². The molecule has 0 aliphatic carbocycles. The summed E-state index contributed by atoms with van der Waals surface area (Å²) in [7, 11) is 0. The quantitative estimate of drug-likeness (QED) is 0.739. The van der Waals surface area contributed by atoms with Gasteiger partial charge >= 0.3 is 0 Å². The molecule has 1 heterocycles. The maximum Gasteiger partial charge on any atom is 0.108 e. The first-order valence-electron chi connectivity index (χ1n) is 4.50. The smallest absolute Gasteiger partial charge is 0.108 e. The highest BCUT2D eigenvalue weighted by Gasteiger charge is 2.00. The van der Waals surface area contributed by atoms with Crippen LogP contribution in [0.3, 0.4) is 0 Å². The molecule has 0 aliphatic rings. The van der Waals surface area contributed by atoms with Crippen molar-refractivity contribution >= 4 is 31.9 Å².